The SMILES string of the molecule is CCOc1ccc(C(=O)NNC(=O)c2sc(-c3ccccc3)nc2C)cc1OC. The largest absolute Gasteiger partial charge is 0.493 e. The fourth-order valence-corrected chi connectivity index (χ4v) is 3.60. The third kappa shape index (κ3) is 4.72. The fraction of sp³-hybridized carbons (Fsp3) is 0.190. The lowest BCUT2D eigenvalue weighted by molar-refractivity contribution is 0.0848. The molecule has 150 valence electrons. The van der Waals surface area contributed by atoms with Crippen molar-refractivity contribution in [2.45, 2.75) is 13.8 Å². The topological polar surface area (TPSA) is 89.6 Å². The van der Waals surface area contributed by atoms with E-state index in [0.29, 0.717) is 34.2 Å². The summed E-state index contributed by atoms with van der Waals surface area (Å²) in [5.74, 6) is 0.0968. The molecule has 1 heterocycles. The molecule has 2 amide bonds. The highest BCUT2D eigenvalue weighted by atomic mass is 32.1. The summed E-state index contributed by atoms with van der Waals surface area (Å²) >= 11 is 1.27. The molecule has 0 atom stereocenters. The summed E-state index contributed by atoms with van der Waals surface area (Å²) in [5, 5.41) is 0.746. The van der Waals surface area contributed by atoms with Gasteiger partial charge in [-0.15, -0.1) is 11.3 Å². The zero-order chi connectivity index (χ0) is 20.8. The van der Waals surface area contributed by atoms with Crippen LogP contribution >= 0.6 is 11.3 Å². The summed E-state index contributed by atoms with van der Waals surface area (Å²) in [7, 11) is 1.50. The van der Waals surface area contributed by atoms with Gasteiger partial charge in [0.25, 0.3) is 11.8 Å². The first-order valence-corrected chi connectivity index (χ1v) is 9.79. The van der Waals surface area contributed by atoms with Crippen molar-refractivity contribution in [3.05, 3.63) is 64.7 Å². The maximum atomic E-state index is 12.5. The molecular formula is C21H21N3O4S. The van der Waals surface area contributed by atoms with E-state index in [1.165, 1.54) is 18.4 Å². The summed E-state index contributed by atoms with van der Waals surface area (Å²) in [6.45, 7) is 4.11. The van der Waals surface area contributed by atoms with Crippen LogP contribution in [0.5, 0.6) is 11.5 Å². The number of nitrogens with one attached hydrogen (secondary N) is 2. The molecule has 1 aromatic heterocycles. The minimum absolute atomic E-state index is 0.330. The number of hydrogen-bond donors (Lipinski definition) is 2. The molecular weight excluding hydrogens is 390 g/mol. The van der Waals surface area contributed by atoms with Gasteiger partial charge in [-0.05, 0) is 32.0 Å². The Balaban J connectivity index is 1.68. The van der Waals surface area contributed by atoms with Crippen LogP contribution < -0.4 is 20.3 Å². The molecule has 0 aliphatic heterocycles. The Hall–Kier alpha value is -3.39. The highest BCUT2D eigenvalue weighted by molar-refractivity contribution is 7.17. The normalized spacial score (nSPS) is 10.3. The number of hydrazine groups is 1. The number of hydrogen-bond acceptors (Lipinski definition) is 6. The van der Waals surface area contributed by atoms with Gasteiger partial charge in [0.1, 0.15) is 9.88 Å². The highest BCUT2D eigenvalue weighted by Gasteiger charge is 2.17. The minimum Gasteiger partial charge on any atom is -0.493 e. The number of ether oxygens (including phenoxy) is 2. The molecule has 2 N–H and O–H groups in total. The minimum atomic E-state index is -0.467. The predicted octanol–water partition coefficient (Wildman–Crippen LogP) is 3.60. The molecule has 7 nitrogen and oxygen atoms in total. The van der Waals surface area contributed by atoms with Crippen LogP contribution in [0, 0.1) is 6.92 Å². The smallest absolute Gasteiger partial charge is 0.281 e. The van der Waals surface area contributed by atoms with Gasteiger partial charge in [-0.2, -0.15) is 0 Å². The first kappa shape index (κ1) is 20.3. The van der Waals surface area contributed by atoms with Crippen LogP contribution in [0.3, 0.4) is 0 Å². The van der Waals surface area contributed by atoms with Crippen molar-refractivity contribution in [3.63, 3.8) is 0 Å². The standard InChI is InChI=1S/C21H21N3O4S/c1-4-28-16-11-10-15(12-17(16)27-3)19(25)23-24-20(26)18-13(2)22-21(29-18)14-8-6-5-7-9-14/h5-12H,4H2,1-3H3,(H,23,25)(H,24,26). The number of rotatable bonds is 6. The molecule has 8 heteroatoms. The number of carbonyl (C=O) groups is 2. The number of carbonyl (C=O) groups excluding carboxylic acids is 2. The molecule has 2 aromatic carbocycles. The van der Waals surface area contributed by atoms with Crippen molar-refractivity contribution >= 4 is 23.2 Å². The van der Waals surface area contributed by atoms with E-state index >= 15 is 0 Å². The fourth-order valence-electron chi connectivity index (χ4n) is 2.64. The molecule has 0 aliphatic rings. The van der Waals surface area contributed by atoms with Gasteiger partial charge in [-0.1, -0.05) is 30.3 Å². The third-order valence-corrected chi connectivity index (χ3v) is 5.24. The van der Waals surface area contributed by atoms with E-state index in [1.54, 1.807) is 25.1 Å². The Morgan fingerprint density at radius 1 is 1.03 bits per heavy atom. The third-order valence-electron chi connectivity index (χ3n) is 4.04. The monoisotopic (exact) mass is 411 g/mol. The quantitative estimate of drug-likeness (QED) is 0.605. The van der Waals surface area contributed by atoms with Gasteiger partial charge in [0.05, 0.1) is 19.4 Å². The van der Waals surface area contributed by atoms with Crippen LogP contribution in [-0.2, 0) is 0 Å². The second-order valence-electron chi connectivity index (χ2n) is 6.01. The second kappa shape index (κ2) is 9.20. The molecule has 0 saturated heterocycles. The van der Waals surface area contributed by atoms with Gasteiger partial charge in [-0.3, -0.25) is 20.4 Å². The second-order valence-corrected chi connectivity index (χ2v) is 7.01. The highest BCUT2D eigenvalue weighted by Crippen LogP contribution is 2.29. The van der Waals surface area contributed by atoms with Crippen molar-refractivity contribution in [1.29, 1.82) is 0 Å². The van der Waals surface area contributed by atoms with Gasteiger partial charge in [0.15, 0.2) is 11.5 Å². The van der Waals surface area contributed by atoms with Gasteiger partial charge in [0.2, 0.25) is 0 Å². The van der Waals surface area contributed by atoms with E-state index in [1.807, 2.05) is 37.3 Å². The van der Waals surface area contributed by atoms with E-state index in [2.05, 4.69) is 15.8 Å². The lowest BCUT2D eigenvalue weighted by Gasteiger charge is -2.11. The molecule has 0 saturated carbocycles. The van der Waals surface area contributed by atoms with Crippen LogP contribution in [0.2, 0.25) is 0 Å². The van der Waals surface area contributed by atoms with Gasteiger partial charge >= 0.3 is 0 Å². The molecule has 0 bridgehead atoms. The molecule has 0 spiro atoms. The van der Waals surface area contributed by atoms with Crippen LogP contribution in [0.1, 0.15) is 32.6 Å². The zero-order valence-electron chi connectivity index (χ0n) is 16.3. The zero-order valence-corrected chi connectivity index (χ0v) is 17.1. The molecule has 0 radical (unpaired) electrons. The van der Waals surface area contributed by atoms with Crippen molar-refractivity contribution in [3.8, 4) is 22.1 Å². The number of benzene rings is 2. The number of aromatic nitrogens is 1. The number of aryl methyl sites for hydroxylation is 1. The first-order chi connectivity index (χ1) is 14.0. The Kier molecular flexibility index (Phi) is 6.46. The maximum absolute atomic E-state index is 12.5. The first-order valence-electron chi connectivity index (χ1n) is 8.97. The number of amides is 2. The van der Waals surface area contributed by atoms with Gasteiger partial charge in [0, 0.05) is 11.1 Å². The van der Waals surface area contributed by atoms with Crippen LogP contribution in [-0.4, -0.2) is 30.5 Å². The van der Waals surface area contributed by atoms with Crippen molar-refractivity contribution in [1.82, 2.24) is 15.8 Å². The Morgan fingerprint density at radius 3 is 2.45 bits per heavy atom. The summed E-state index contributed by atoms with van der Waals surface area (Å²) in [5.41, 5.74) is 6.73. The van der Waals surface area contributed by atoms with Crippen molar-refractivity contribution in [2.75, 3.05) is 13.7 Å². The number of methoxy groups -OCH3 is 1. The average Bonchev–Trinajstić information content (AvgIpc) is 3.14. The molecule has 3 aromatic rings. The Labute approximate surface area is 172 Å². The molecule has 29 heavy (non-hydrogen) atoms. The van der Waals surface area contributed by atoms with Crippen LogP contribution in [0.15, 0.2) is 48.5 Å². The molecule has 0 aliphatic carbocycles. The van der Waals surface area contributed by atoms with Gasteiger partial charge in [-0.25, -0.2) is 4.98 Å². The van der Waals surface area contributed by atoms with Crippen molar-refractivity contribution < 1.29 is 19.1 Å². The summed E-state index contributed by atoms with van der Waals surface area (Å²) in [4.78, 5) is 29.8. The maximum Gasteiger partial charge on any atom is 0.281 e. The molecule has 3 rings (SSSR count). The number of thiazole rings is 1. The predicted molar refractivity (Wildman–Crippen MR) is 111 cm³/mol. The van der Waals surface area contributed by atoms with Gasteiger partial charge < -0.3 is 9.47 Å². The summed E-state index contributed by atoms with van der Waals surface area (Å²) in [6, 6.07) is 14.4. The van der Waals surface area contributed by atoms with E-state index in [4.69, 9.17) is 9.47 Å². The van der Waals surface area contributed by atoms with Crippen molar-refractivity contribution in [2.24, 2.45) is 0 Å². The number of nitrogens with zero attached hydrogens (tertiary/aromatic N) is 1. The van der Waals surface area contributed by atoms with E-state index < -0.39 is 11.8 Å². The lowest BCUT2D eigenvalue weighted by atomic mass is 10.2. The summed E-state index contributed by atoms with van der Waals surface area (Å²) in [6.07, 6.45) is 0. The average molecular weight is 411 g/mol. The van der Waals surface area contributed by atoms with Crippen LogP contribution in [0.4, 0.5) is 0 Å². The van der Waals surface area contributed by atoms with Crippen LogP contribution in [0.25, 0.3) is 10.6 Å². The summed E-state index contributed by atoms with van der Waals surface area (Å²) < 4.78 is 10.7. The Bertz CT molecular complexity index is 1020. The molecule has 0 fully saturated rings. The Morgan fingerprint density at radius 2 is 1.76 bits per heavy atom. The molecule has 0 unspecified atom stereocenters. The van der Waals surface area contributed by atoms with E-state index in [9.17, 15) is 9.59 Å². The van der Waals surface area contributed by atoms with E-state index in [0.717, 1.165) is 10.6 Å². The van der Waals surface area contributed by atoms with E-state index in [-0.39, 0.29) is 0 Å². The lowest BCUT2D eigenvalue weighted by Crippen LogP contribution is -2.41.